The highest BCUT2D eigenvalue weighted by Crippen LogP contribution is 2.59. The smallest absolute Gasteiger partial charge is 0.269 e. The second-order valence-corrected chi connectivity index (χ2v) is 9.60. The van der Waals surface area contributed by atoms with Crippen LogP contribution in [0.1, 0.15) is 47.4 Å². The molecule has 5 atom stereocenters. The van der Waals surface area contributed by atoms with Crippen molar-refractivity contribution in [3.63, 3.8) is 0 Å². The largest absolute Gasteiger partial charge is 0.363 e. The van der Waals surface area contributed by atoms with E-state index in [4.69, 9.17) is 0 Å². The number of anilines is 1. The van der Waals surface area contributed by atoms with Gasteiger partial charge < -0.3 is 4.90 Å². The van der Waals surface area contributed by atoms with E-state index in [-0.39, 0.29) is 16.7 Å². The molecule has 4 nitrogen and oxygen atoms in total. The van der Waals surface area contributed by atoms with E-state index in [9.17, 15) is 10.1 Å². The number of rotatable bonds is 2. The zero-order chi connectivity index (χ0) is 19.7. The van der Waals surface area contributed by atoms with Gasteiger partial charge in [0.05, 0.1) is 11.0 Å². The predicted molar refractivity (Wildman–Crippen MR) is 117 cm³/mol. The summed E-state index contributed by atoms with van der Waals surface area (Å²) in [6.07, 6.45) is 11.6. The van der Waals surface area contributed by atoms with Crippen LogP contribution in [0, 0.1) is 22.0 Å². The van der Waals surface area contributed by atoms with E-state index in [2.05, 4.69) is 57.3 Å². The van der Waals surface area contributed by atoms with Gasteiger partial charge in [-0.1, -0.05) is 52.4 Å². The number of nitrogens with zero attached hydrogens (tertiary/aromatic N) is 2. The highest BCUT2D eigenvalue weighted by Gasteiger charge is 2.47. The normalized spacial score (nSPS) is 30.8. The van der Waals surface area contributed by atoms with Gasteiger partial charge in [0.2, 0.25) is 0 Å². The maximum atomic E-state index is 11.1. The van der Waals surface area contributed by atoms with Gasteiger partial charge in [-0.05, 0) is 53.5 Å². The molecule has 2 aliphatic heterocycles. The number of fused-ring (bicyclic) bond motifs is 4. The van der Waals surface area contributed by atoms with Gasteiger partial charge in [-0.2, -0.15) is 0 Å². The first-order valence-corrected chi connectivity index (χ1v) is 11.1. The molecule has 0 radical (unpaired) electrons. The minimum Gasteiger partial charge on any atom is -0.363 e. The molecular formula is C24H21BrN2O2. The van der Waals surface area contributed by atoms with E-state index < -0.39 is 0 Å². The fraction of sp³-hybridized carbons (Fsp3) is 0.333. The van der Waals surface area contributed by atoms with Gasteiger partial charge in [-0.25, -0.2) is 0 Å². The Balaban J connectivity index is 1.54. The SMILES string of the molecule is O=[N+]([O-])c1ccc([C@@H]2[C@@H]3CC=C[C@@H]3c3cc(Br)cc4c3N2C[C@@H]2CC=C[C@@H]42)cc1. The molecule has 0 saturated carbocycles. The molecule has 29 heavy (non-hydrogen) atoms. The summed E-state index contributed by atoms with van der Waals surface area (Å²) >= 11 is 3.77. The summed E-state index contributed by atoms with van der Waals surface area (Å²) in [4.78, 5) is 13.5. The third-order valence-corrected chi connectivity index (χ3v) is 7.72. The molecule has 2 aliphatic carbocycles. The Hall–Kier alpha value is -2.40. The van der Waals surface area contributed by atoms with Crippen LogP contribution in [0.25, 0.3) is 0 Å². The lowest BCUT2D eigenvalue weighted by atomic mass is 9.71. The molecule has 2 heterocycles. The van der Waals surface area contributed by atoms with Gasteiger partial charge in [0.15, 0.2) is 0 Å². The molecule has 0 unspecified atom stereocenters. The topological polar surface area (TPSA) is 46.4 Å². The first-order chi connectivity index (χ1) is 14.1. The molecule has 0 bridgehead atoms. The summed E-state index contributed by atoms with van der Waals surface area (Å²) in [7, 11) is 0. The summed E-state index contributed by atoms with van der Waals surface area (Å²) in [5.74, 6) is 1.98. The third-order valence-electron chi connectivity index (χ3n) is 7.26. The maximum absolute atomic E-state index is 11.1. The van der Waals surface area contributed by atoms with Crippen LogP contribution in [-0.2, 0) is 0 Å². The third kappa shape index (κ3) is 2.49. The molecule has 0 spiro atoms. The minimum atomic E-state index is -0.314. The fourth-order valence-electron chi connectivity index (χ4n) is 6.11. The maximum Gasteiger partial charge on any atom is 0.269 e. The van der Waals surface area contributed by atoms with Gasteiger partial charge in [-0.15, -0.1) is 0 Å². The van der Waals surface area contributed by atoms with E-state index >= 15 is 0 Å². The number of halogens is 1. The number of hydrogen-bond acceptors (Lipinski definition) is 3. The Morgan fingerprint density at radius 2 is 1.69 bits per heavy atom. The van der Waals surface area contributed by atoms with Crippen molar-refractivity contribution in [2.24, 2.45) is 11.8 Å². The van der Waals surface area contributed by atoms with Gasteiger partial charge in [0, 0.05) is 40.7 Å². The highest BCUT2D eigenvalue weighted by molar-refractivity contribution is 9.10. The molecule has 4 aliphatic rings. The van der Waals surface area contributed by atoms with Crippen molar-refractivity contribution in [2.45, 2.75) is 30.7 Å². The molecule has 5 heteroatoms. The van der Waals surface area contributed by atoms with Crippen LogP contribution >= 0.6 is 15.9 Å². The number of non-ortho nitro benzene ring substituents is 1. The first-order valence-electron chi connectivity index (χ1n) is 10.3. The Morgan fingerprint density at radius 3 is 2.45 bits per heavy atom. The number of allylic oxidation sites excluding steroid dienone is 4. The van der Waals surface area contributed by atoms with Gasteiger partial charge in [0.25, 0.3) is 5.69 Å². The van der Waals surface area contributed by atoms with Crippen LogP contribution in [-0.4, -0.2) is 11.5 Å². The molecule has 0 amide bonds. The minimum absolute atomic E-state index is 0.161. The Bertz CT molecular complexity index is 1060. The fourth-order valence-corrected chi connectivity index (χ4v) is 6.60. The van der Waals surface area contributed by atoms with Crippen LogP contribution in [0.15, 0.2) is 65.2 Å². The van der Waals surface area contributed by atoms with Gasteiger partial charge in [0.1, 0.15) is 0 Å². The van der Waals surface area contributed by atoms with E-state index in [1.165, 1.54) is 26.9 Å². The van der Waals surface area contributed by atoms with Crippen LogP contribution < -0.4 is 4.90 Å². The summed E-state index contributed by atoms with van der Waals surface area (Å²) in [5.41, 5.74) is 5.62. The summed E-state index contributed by atoms with van der Waals surface area (Å²) in [6.45, 7) is 1.05. The molecule has 0 saturated heterocycles. The lowest BCUT2D eigenvalue weighted by Crippen LogP contribution is -2.46. The van der Waals surface area contributed by atoms with Gasteiger partial charge in [-0.3, -0.25) is 10.1 Å². The molecule has 0 aromatic heterocycles. The number of hydrogen-bond donors (Lipinski definition) is 0. The second-order valence-electron chi connectivity index (χ2n) is 8.68. The summed E-state index contributed by atoms with van der Waals surface area (Å²) in [5, 5.41) is 11.1. The Labute approximate surface area is 178 Å². The zero-order valence-electron chi connectivity index (χ0n) is 15.9. The van der Waals surface area contributed by atoms with Crippen molar-refractivity contribution in [1.82, 2.24) is 0 Å². The first kappa shape index (κ1) is 17.5. The number of benzene rings is 2. The molecular weight excluding hydrogens is 428 g/mol. The van der Waals surface area contributed by atoms with Crippen molar-refractivity contribution in [1.29, 1.82) is 0 Å². The van der Waals surface area contributed by atoms with Gasteiger partial charge >= 0.3 is 0 Å². The molecule has 0 fully saturated rings. The number of nitro groups is 1. The molecule has 146 valence electrons. The highest BCUT2D eigenvalue weighted by atomic mass is 79.9. The monoisotopic (exact) mass is 448 g/mol. The van der Waals surface area contributed by atoms with Crippen LogP contribution in [0.4, 0.5) is 11.4 Å². The average molecular weight is 449 g/mol. The molecule has 0 N–H and O–H groups in total. The Kier molecular flexibility index (Phi) is 3.79. The van der Waals surface area contributed by atoms with Crippen LogP contribution in [0.3, 0.4) is 0 Å². The summed E-state index contributed by atoms with van der Waals surface area (Å²) < 4.78 is 1.17. The van der Waals surface area contributed by atoms with Crippen molar-refractivity contribution in [3.05, 3.63) is 92.0 Å². The molecule has 2 aromatic rings. The Morgan fingerprint density at radius 1 is 1.00 bits per heavy atom. The van der Waals surface area contributed by atoms with E-state index in [1.807, 2.05) is 12.1 Å². The quantitative estimate of drug-likeness (QED) is 0.309. The molecule has 2 aromatic carbocycles. The number of nitro benzene ring substituents is 1. The van der Waals surface area contributed by atoms with Crippen LogP contribution in [0.2, 0.25) is 0 Å². The average Bonchev–Trinajstić information content (AvgIpc) is 3.37. The van der Waals surface area contributed by atoms with Crippen molar-refractivity contribution < 1.29 is 4.92 Å². The van der Waals surface area contributed by atoms with E-state index in [0.717, 1.165) is 19.4 Å². The lowest BCUT2D eigenvalue weighted by molar-refractivity contribution is -0.384. The van der Waals surface area contributed by atoms with Crippen molar-refractivity contribution >= 4 is 27.3 Å². The second kappa shape index (κ2) is 6.30. The molecule has 6 rings (SSSR count). The van der Waals surface area contributed by atoms with E-state index in [0.29, 0.717) is 23.7 Å². The summed E-state index contributed by atoms with van der Waals surface area (Å²) in [6, 6.07) is 12.1. The predicted octanol–water partition coefficient (Wildman–Crippen LogP) is 6.25. The van der Waals surface area contributed by atoms with E-state index in [1.54, 1.807) is 12.1 Å². The van der Waals surface area contributed by atoms with Crippen molar-refractivity contribution in [2.75, 3.05) is 11.4 Å². The zero-order valence-corrected chi connectivity index (χ0v) is 17.5. The van der Waals surface area contributed by atoms with Crippen molar-refractivity contribution in [3.8, 4) is 0 Å². The lowest BCUT2D eigenvalue weighted by Gasteiger charge is -2.51. The van der Waals surface area contributed by atoms with Crippen LogP contribution in [0.5, 0.6) is 0 Å². The standard InChI is InChI=1S/C24H21BrN2O2/c25-16-11-21-18-4-1-3-15(18)13-26-23(14-7-9-17(10-8-14)27(28)29)20-6-2-5-19(20)22(12-16)24(21)26/h1-2,4-5,7-12,15,18-20,23H,3,6,13H2/t15-,18+,19-,20+,23+/m0/s1.